The SMILES string of the molecule is CCC(=S)Nc1cc(CC)ccc1COc1ccc(CC)cc1C. The zero-order valence-corrected chi connectivity index (χ0v) is 15.9. The lowest BCUT2D eigenvalue weighted by Gasteiger charge is -2.16. The van der Waals surface area contributed by atoms with Crippen LogP contribution in [-0.4, -0.2) is 4.99 Å². The Morgan fingerprint density at radius 3 is 2.29 bits per heavy atom. The van der Waals surface area contributed by atoms with E-state index < -0.39 is 0 Å². The molecule has 2 rings (SSSR count). The van der Waals surface area contributed by atoms with E-state index in [-0.39, 0.29) is 0 Å². The first-order chi connectivity index (χ1) is 11.6. The zero-order valence-electron chi connectivity index (χ0n) is 15.1. The zero-order chi connectivity index (χ0) is 17.5. The molecule has 2 aromatic rings. The van der Waals surface area contributed by atoms with E-state index >= 15 is 0 Å². The van der Waals surface area contributed by atoms with Crippen molar-refractivity contribution in [1.29, 1.82) is 0 Å². The highest BCUT2D eigenvalue weighted by molar-refractivity contribution is 7.80. The Morgan fingerprint density at radius 2 is 1.67 bits per heavy atom. The minimum atomic E-state index is 0.533. The molecule has 0 saturated heterocycles. The molecule has 0 heterocycles. The van der Waals surface area contributed by atoms with Crippen molar-refractivity contribution in [3.8, 4) is 5.75 Å². The van der Waals surface area contributed by atoms with Gasteiger partial charge < -0.3 is 10.1 Å². The fraction of sp³-hybridized carbons (Fsp3) is 0.381. The van der Waals surface area contributed by atoms with E-state index in [2.05, 4.69) is 69.4 Å². The molecule has 0 amide bonds. The lowest BCUT2D eigenvalue weighted by molar-refractivity contribution is 0.304. The highest BCUT2D eigenvalue weighted by Gasteiger charge is 2.08. The van der Waals surface area contributed by atoms with Gasteiger partial charge in [0.1, 0.15) is 12.4 Å². The van der Waals surface area contributed by atoms with Crippen LogP contribution in [0.2, 0.25) is 0 Å². The van der Waals surface area contributed by atoms with Crippen molar-refractivity contribution in [2.45, 2.75) is 53.6 Å². The first-order valence-corrected chi connectivity index (χ1v) is 9.12. The minimum Gasteiger partial charge on any atom is -0.489 e. The van der Waals surface area contributed by atoms with Gasteiger partial charge in [0.25, 0.3) is 0 Å². The quantitative estimate of drug-likeness (QED) is 0.638. The molecule has 0 atom stereocenters. The molecule has 128 valence electrons. The van der Waals surface area contributed by atoms with Crippen LogP contribution in [0, 0.1) is 6.92 Å². The van der Waals surface area contributed by atoms with E-state index in [1.807, 2.05) is 0 Å². The second kappa shape index (κ2) is 8.84. The Hall–Kier alpha value is -1.87. The molecule has 0 aliphatic carbocycles. The lowest BCUT2D eigenvalue weighted by Crippen LogP contribution is -2.11. The van der Waals surface area contributed by atoms with Crippen molar-refractivity contribution < 1.29 is 4.74 Å². The molecular formula is C21H27NOS. The van der Waals surface area contributed by atoms with Crippen LogP contribution in [0.25, 0.3) is 0 Å². The summed E-state index contributed by atoms with van der Waals surface area (Å²) in [5, 5.41) is 3.36. The third kappa shape index (κ3) is 4.81. The van der Waals surface area contributed by atoms with Gasteiger partial charge in [0.2, 0.25) is 0 Å². The number of benzene rings is 2. The molecule has 0 fully saturated rings. The molecule has 24 heavy (non-hydrogen) atoms. The minimum absolute atomic E-state index is 0.533. The molecule has 2 aromatic carbocycles. The van der Waals surface area contributed by atoms with Crippen molar-refractivity contribution in [1.82, 2.24) is 0 Å². The fourth-order valence-electron chi connectivity index (χ4n) is 2.57. The largest absolute Gasteiger partial charge is 0.489 e. The second-order valence-corrected chi connectivity index (χ2v) is 6.48. The highest BCUT2D eigenvalue weighted by Crippen LogP contribution is 2.24. The lowest BCUT2D eigenvalue weighted by atomic mass is 10.1. The molecule has 1 N–H and O–H groups in total. The molecule has 0 spiro atoms. The van der Waals surface area contributed by atoms with Crippen LogP contribution in [0.5, 0.6) is 5.75 Å². The molecule has 2 nitrogen and oxygen atoms in total. The standard InChI is InChI=1S/C21H27NOS/c1-5-16-9-11-20(15(4)12-16)23-14-18-10-8-17(6-2)13-19(18)22-21(24)7-3/h8-13H,5-7,14H2,1-4H3,(H,22,24). The molecular weight excluding hydrogens is 314 g/mol. The Kier molecular flexibility index (Phi) is 6.80. The van der Waals surface area contributed by atoms with E-state index in [9.17, 15) is 0 Å². The predicted octanol–water partition coefficient (Wildman–Crippen LogP) is 5.85. The Bertz CT molecular complexity index is 709. The Balaban J connectivity index is 2.18. The normalized spacial score (nSPS) is 10.5. The first-order valence-electron chi connectivity index (χ1n) is 8.71. The number of aryl methyl sites for hydroxylation is 3. The number of anilines is 1. The van der Waals surface area contributed by atoms with Crippen LogP contribution < -0.4 is 10.1 Å². The first kappa shape index (κ1) is 18.5. The summed E-state index contributed by atoms with van der Waals surface area (Å²) in [6.07, 6.45) is 2.89. The molecule has 0 aromatic heterocycles. The summed E-state index contributed by atoms with van der Waals surface area (Å²) in [5.74, 6) is 0.941. The van der Waals surface area contributed by atoms with Gasteiger partial charge >= 0.3 is 0 Å². The van der Waals surface area contributed by atoms with Crippen LogP contribution in [0.1, 0.15) is 49.4 Å². The van der Waals surface area contributed by atoms with Crippen molar-refractivity contribution in [3.05, 3.63) is 58.7 Å². The number of rotatable bonds is 7. The van der Waals surface area contributed by atoms with Gasteiger partial charge in [-0.25, -0.2) is 0 Å². The van der Waals surface area contributed by atoms with E-state index in [1.165, 1.54) is 16.7 Å². The van der Waals surface area contributed by atoms with Crippen molar-refractivity contribution >= 4 is 22.9 Å². The van der Waals surface area contributed by atoms with Crippen LogP contribution in [0.15, 0.2) is 36.4 Å². The maximum atomic E-state index is 6.07. The summed E-state index contributed by atoms with van der Waals surface area (Å²) in [6.45, 7) is 9.02. The number of nitrogens with one attached hydrogen (secondary N) is 1. The predicted molar refractivity (Wildman–Crippen MR) is 107 cm³/mol. The third-order valence-electron chi connectivity index (χ3n) is 4.21. The molecule has 3 heteroatoms. The number of hydrogen-bond acceptors (Lipinski definition) is 2. The van der Waals surface area contributed by atoms with Gasteiger partial charge in [-0.05, 0) is 55.0 Å². The average molecular weight is 342 g/mol. The van der Waals surface area contributed by atoms with Gasteiger partial charge in [-0.3, -0.25) is 0 Å². The fourth-order valence-corrected chi connectivity index (χ4v) is 2.68. The van der Waals surface area contributed by atoms with E-state index in [4.69, 9.17) is 17.0 Å². The van der Waals surface area contributed by atoms with Gasteiger partial charge in [0.05, 0.1) is 4.99 Å². The van der Waals surface area contributed by atoms with Gasteiger partial charge in [0.15, 0.2) is 0 Å². The van der Waals surface area contributed by atoms with E-state index in [0.717, 1.165) is 41.3 Å². The molecule has 0 aliphatic rings. The maximum Gasteiger partial charge on any atom is 0.122 e. The summed E-state index contributed by atoms with van der Waals surface area (Å²) in [5.41, 5.74) is 6.00. The van der Waals surface area contributed by atoms with E-state index in [0.29, 0.717) is 6.61 Å². The summed E-state index contributed by atoms with van der Waals surface area (Å²) in [4.78, 5) is 0.855. The Morgan fingerprint density at radius 1 is 1.00 bits per heavy atom. The van der Waals surface area contributed by atoms with Gasteiger partial charge in [-0.2, -0.15) is 0 Å². The average Bonchev–Trinajstić information content (AvgIpc) is 2.61. The van der Waals surface area contributed by atoms with Crippen molar-refractivity contribution in [2.24, 2.45) is 0 Å². The van der Waals surface area contributed by atoms with Gasteiger partial charge in [-0.1, -0.05) is 57.3 Å². The molecule has 0 unspecified atom stereocenters. The summed E-state index contributed by atoms with van der Waals surface area (Å²) >= 11 is 5.35. The summed E-state index contributed by atoms with van der Waals surface area (Å²) in [6, 6.07) is 12.9. The smallest absolute Gasteiger partial charge is 0.122 e. The molecule has 0 aliphatic heterocycles. The molecule has 0 radical (unpaired) electrons. The molecule has 0 bridgehead atoms. The number of thiocarbonyl (C=S) groups is 1. The monoisotopic (exact) mass is 341 g/mol. The van der Waals surface area contributed by atoms with Crippen LogP contribution in [0.4, 0.5) is 5.69 Å². The number of hydrogen-bond donors (Lipinski definition) is 1. The second-order valence-electron chi connectivity index (χ2n) is 5.99. The summed E-state index contributed by atoms with van der Waals surface area (Å²) < 4.78 is 6.07. The van der Waals surface area contributed by atoms with Crippen LogP contribution in [0.3, 0.4) is 0 Å². The van der Waals surface area contributed by atoms with Crippen LogP contribution in [-0.2, 0) is 19.4 Å². The van der Waals surface area contributed by atoms with Gasteiger partial charge in [0, 0.05) is 11.3 Å². The topological polar surface area (TPSA) is 21.3 Å². The Labute approximate surface area is 151 Å². The number of ether oxygens (including phenoxy) is 1. The van der Waals surface area contributed by atoms with Crippen molar-refractivity contribution in [2.75, 3.05) is 5.32 Å². The molecule has 0 saturated carbocycles. The van der Waals surface area contributed by atoms with Gasteiger partial charge in [-0.15, -0.1) is 0 Å². The summed E-state index contributed by atoms with van der Waals surface area (Å²) in [7, 11) is 0. The maximum absolute atomic E-state index is 6.07. The van der Waals surface area contributed by atoms with Crippen molar-refractivity contribution in [3.63, 3.8) is 0 Å². The van der Waals surface area contributed by atoms with E-state index in [1.54, 1.807) is 0 Å². The van der Waals surface area contributed by atoms with Crippen LogP contribution >= 0.6 is 12.2 Å². The third-order valence-corrected chi connectivity index (χ3v) is 4.60. The highest BCUT2D eigenvalue weighted by atomic mass is 32.1.